The van der Waals surface area contributed by atoms with Crippen LogP contribution in [-0.2, 0) is 12.8 Å². The molecule has 26 heavy (non-hydrogen) atoms. The molecule has 2 atom stereocenters. The molecule has 4 nitrogen and oxygen atoms in total. The topological polar surface area (TPSA) is 42.2 Å². The number of thiophene rings is 1. The first-order chi connectivity index (χ1) is 12.6. The van der Waals surface area contributed by atoms with Gasteiger partial charge in [-0.05, 0) is 30.7 Å². The molecule has 0 radical (unpaired) electrons. The average Bonchev–Trinajstić information content (AvgIpc) is 3.00. The van der Waals surface area contributed by atoms with Crippen molar-refractivity contribution < 1.29 is 4.90 Å². The van der Waals surface area contributed by atoms with Gasteiger partial charge < -0.3 is 10.2 Å². The largest absolute Gasteiger partial charge is 0.363 e. The quantitative estimate of drug-likeness (QED) is 0.728. The zero-order valence-corrected chi connectivity index (χ0v) is 16.6. The third-order valence-electron chi connectivity index (χ3n) is 5.46. The molecule has 0 unspecified atom stereocenters. The van der Waals surface area contributed by atoms with E-state index in [9.17, 15) is 0 Å². The molecule has 1 aliphatic rings. The van der Waals surface area contributed by atoms with Crippen molar-refractivity contribution >= 4 is 27.4 Å². The maximum Gasteiger partial charge on any atom is 0.138 e. The molecule has 0 amide bonds. The van der Waals surface area contributed by atoms with Crippen LogP contribution in [0.25, 0.3) is 10.2 Å². The third kappa shape index (κ3) is 3.33. The lowest BCUT2D eigenvalue weighted by molar-refractivity contribution is -0.890. The fourth-order valence-electron chi connectivity index (χ4n) is 3.95. The summed E-state index contributed by atoms with van der Waals surface area (Å²) >= 11 is 1.86. The fraction of sp³-hybridized carbons (Fsp3) is 0.429. The Labute approximate surface area is 159 Å². The van der Waals surface area contributed by atoms with E-state index < -0.39 is 0 Å². The minimum absolute atomic E-state index is 0.385. The van der Waals surface area contributed by atoms with E-state index in [1.807, 2.05) is 11.3 Å². The van der Waals surface area contributed by atoms with E-state index in [0.717, 1.165) is 29.5 Å². The molecule has 0 fully saturated rings. The first kappa shape index (κ1) is 17.4. The van der Waals surface area contributed by atoms with E-state index >= 15 is 0 Å². The molecule has 0 aliphatic heterocycles. The van der Waals surface area contributed by atoms with Gasteiger partial charge in [-0.3, -0.25) is 0 Å². The van der Waals surface area contributed by atoms with E-state index in [2.05, 4.69) is 66.6 Å². The molecular formula is C21H27N4S+. The van der Waals surface area contributed by atoms with Crippen LogP contribution in [0.15, 0.2) is 36.7 Å². The number of aromatic nitrogens is 2. The first-order valence-electron chi connectivity index (χ1n) is 9.47. The number of likely N-dealkylation sites (N-methyl/N-ethyl adjacent to an activating group) is 1. The van der Waals surface area contributed by atoms with Crippen molar-refractivity contribution in [3.63, 3.8) is 0 Å². The lowest BCUT2D eigenvalue weighted by atomic mass is 9.89. The van der Waals surface area contributed by atoms with Gasteiger partial charge in [-0.25, -0.2) is 9.97 Å². The number of anilines is 1. The average molecular weight is 368 g/mol. The fourth-order valence-corrected chi connectivity index (χ4v) is 5.30. The number of benzene rings is 1. The van der Waals surface area contributed by atoms with Crippen LogP contribution in [0.4, 0.5) is 5.82 Å². The number of rotatable bonds is 5. The second-order valence-electron chi connectivity index (χ2n) is 7.68. The van der Waals surface area contributed by atoms with Crippen LogP contribution in [0.1, 0.15) is 35.4 Å². The summed E-state index contributed by atoms with van der Waals surface area (Å²) in [6, 6.07) is 11.1. The molecule has 4 rings (SSSR count). The van der Waals surface area contributed by atoms with Gasteiger partial charge in [0.1, 0.15) is 23.0 Å². The SMILES string of the molecule is C[C@H]1CCc2c(sc3ncnc(NC[C@H](c4ccccc4)[NH+](C)C)c23)C1. The van der Waals surface area contributed by atoms with Crippen LogP contribution in [-0.4, -0.2) is 30.6 Å². The molecule has 2 heterocycles. The molecular weight excluding hydrogens is 340 g/mol. The molecule has 0 saturated heterocycles. The Kier molecular flexibility index (Phi) is 4.92. The predicted molar refractivity (Wildman–Crippen MR) is 109 cm³/mol. The van der Waals surface area contributed by atoms with Gasteiger partial charge in [-0.15, -0.1) is 11.3 Å². The number of quaternary nitrogens is 1. The number of nitrogens with zero attached hydrogens (tertiary/aromatic N) is 2. The monoisotopic (exact) mass is 367 g/mol. The Balaban J connectivity index is 1.63. The number of hydrogen-bond acceptors (Lipinski definition) is 4. The molecule has 0 bridgehead atoms. The molecule has 0 spiro atoms. The van der Waals surface area contributed by atoms with E-state index in [1.165, 1.54) is 39.1 Å². The van der Waals surface area contributed by atoms with Gasteiger partial charge in [-0.2, -0.15) is 0 Å². The summed E-state index contributed by atoms with van der Waals surface area (Å²) < 4.78 is 0. The minimum Gasteiger partial charge on any atom is -0.363 e. The van der Waals surface area contributed by atoms with Crippen molar-refractivity contribution in [2.45, 2.75) is 32.2 Å². The van der Waals surface area contributed by atoms with Crippen molar-refractivity contribution in [3.05, 3.63) is 52.7 Å². The van der Waals surface area contributed by atoms with Gasteiger partial charge in [0.25, 0.3) is 0 Å². The van der Waals surface area contributed by atoms with Gasteiger partial charge in [0.15, 0.2) is 0 Å². The Morgan fingerprint density at radius 1 is 1.23 bits per heavy atom. The number of nitrogens with one attached hydrogen (secondary N) is 2. The second-order valence-corrected chi connectivity index (χ2v) is 8.76. The van der Waals surface area contributed by atoms with Crippen LogP contribution >= 0.6 is 11.3 Å². The third-order valence-corrected chi connectivity index (χ3v) is 6.63. The Morgan fingerprint density at radius 3 is 2.81 bits per heavy atom. The van der Waals surface area contributed by atoms with Crippen LogP contribution in [0.5, 0.6) is 0 Å². The molecule has 136 valence electrons. The second kappa shape index (κ2) is 7.33. The summed E-state index contributed by atoms with van der Waals surface area (Å²) in [7, 11) is 4.42. The summed E-state index contributed by atoms with van der Waals surface area (Å²) in [5.41, 5.74) is 2.84. The van der Waals surface area contributed by atoms with Gasteiger partial charge in [-0.1, -0.05) is 37.3 Å². The molecule has 2 N–H and O–H groups in total. The summed E-state index contributed by atoms with van der Waals surface area (Å²) in [5.74, 6) is 1.78. The summed E-state index contributed by atoms with van der Waals surface area (Å²) in [6.07, 6.45) is 5.31. The van der Waals surface area contributed by atoms with Crippen LogP contribution in [0, 0.1) is 5.92 Å². The standard InChI is InChI=1S/C21H26N4S/c1-14-9-10-16-18(11-14)26-21-19(16)20(23-13-24-21)22-12-17(25(2)3)15-7-5-4-6-8-15/h4-8,13-14,17H,9-12H2,1-3H3,(H,22,23,24)/p+1/t14-,17+/m0/s1. The highest BCUT2D eigenvalue weighted by Crippen LogP contribution is 2.39. The van der Waals surface area contributed by atoms with Crippen molar-refractivity contribution in [3.8, 4) is 0 Å². The number of fused-ring (bicyclic) bond motifs is 3. The van der Waals surface area contributed by atoms with E-state index in [1.54, 1.807) is 6.33 Å². The lowest BCUT2D eigenvalue weighted by Crippen LogP contribution is -3.06. The Morgan fingerprint density at radius 2 is 2.04 bits per heavy atom. The minimum atomic E-state index is 0.385. The van der Waals surface area contributed by atoms with Crippen LogP contribution in [0.3, 0.4) is 0 Å². The zero-order valence-electron chi connectivity index (χ0n) is 15.7. The molecule has 5 heteroatoms. The molecule has 1 aromatic carbocycles. The normalized spacial score (nSPS) is 18.1. The highest BCUT2D eigenvalue weighted by molar-refractivity contribution is 7.19. The van der Waals surface area contributed by atoms with Crippen LogP contribution in [0.2, 0.25) is 0 Å². The first-order valence-corrected chi connectivity index (χ1v) is 10.3. The Bertz CT molecular complexity index is 888. The van der Waals surface area contributed by atoms with Crippen molar-refractivity contribution in [1.82, 2.24) is 9.97 Å². The van der Waals surface area contributed by atoms with Gasteiger partial charge in [0.2, 0.25) is 0 Å². The molecule has 2 aromatic heterocycles. The lowest BCUT2D eigenvalue weighted by Gasteiger charge is -2.23. The Hall–Kier alpha value is -1.98. The van der Waals surface area contributed by atoms with Gasteiger partial charge in [0.05, 0.1) is 26.0 Å². The zero-order chi connectivity index (χ0) is 18.1. The van der Waals surface area contributed by atoms with Crippen LogP contribution < -0.4 is 10.2 Å². The van der Waals surface area contributed by atoms with E-state index in [4.69, 9.17) is 0 Å². The summed E-state index contributed by atoms with van der Waals surface area (Å²) in [5, 5.41) is 4.91. The molecule has 0 saturated carbocycles. The smallest absolute Gasteiger partial charge is 0.138 e. The summed E-state index contributed by atoms with van der Waals surface area (Å²) in [6.45, 7) is 3.21. The predicted octanol–water partition coefficient (Wildman–Crippen LogP) is 3.11. The molecule has 3 aromatic rings. The van der Waals surface area contributed by atoms with Crippen molar-refractivity contribution in [2.75, 3.05) is 26.0 Å². The molecule has 1 aliphatic carbocycles. The van der Waals surface area contributed by atoms with Crippen molar-refractivity contribution in [1.29, 1.82) is 0 Å². The van der Waals surface area contributed by atoms with E-state index in [0.29, 0.717) is 6.04 Å². The number of hydrogen-bond donors (Lipinski definition) is 2. The maximum absolute atomic E-state index is 4.61. The van der Waals surface area contributed by atoms with Gasteiger partial charge in [0, 0.05) is 10.4 Å². The highest BCUT2D eigenvalue weighted by Gasteiger charge is 2.24. The summed E-state index contributed by atoms with van der Waals surface area (Å²) in [4.78, 5) is 13.2. The maximum atomic E-state index is 4.61. The van der Waals surface area contributed by atoms with Gasteiger partial charge >= 0.3 is 0 Å². The van der Waals surface area contributed by atoms with E-state index in [-0.39, 0.29) is 0 Å². The van der Waals surface area contributed by atoms with Crippen molar-refractivity contribution in [2.24, 2.45) is 5.92 Å². The highest BCUT2D eigenvalue weighted by atomic mass is 32.1. The number of aryl methyl sites for hydroxylation is 1.